The van der Waals surface area contributed by atoms with Gasteiger partial charge in [0, 0.05) is 32.4 Å². The molecule has 0 unspecified atom stereocenters. The first-order valence-corrected chi connectivity index (χ1v) is 7.50. The minimum Gasteiger partial charge on any atom is -0.312 e. The highest BCUT2D eigenvalue weighted by molar-refractivity contribution is 7.99. The van der Waals surface area contributed by atoms with Gasteiger partial charge in [0.25, 0.3) is 0 Å². The Hall–Kier alpha value is 0.220. The Balaban J connectivity index is 2.20. The van der Waals surface area contributed by atoms with Crippen molar-refractivity contribution in [2.75, 3.05) is 37.9 Å². The summed E-state index contributed by atoms with van der Waals surface area (Å²) < 4.78 is 24.0. The van der Waals surface area contributed by atoms with Gasteiger partial charge in [-0.25, -0.2) is 12.7 Å². The summed E-state index contributed by atoms with van der Waals surface area (Å²) in [5.74, 6) is 2.50. The summed E-state index contributed by atoms with van der Waals surface area (Å²) in [6, 6.07) is 0.511. The van der Waals surface area contributed by atoms with Crippen LogP contribution >= 0.6 is 11.8 Å². The number of sulfonamides is 1. The molecule has 1 fully saturated rings. The van der Waals surface area contributed by atoms with E-state index in [1.165, 1.54) is 10.1 Å². The lowest BCUT2D eigenvalue weighted by molar-refractivity contribution is 0.511. The molecule has 1 heterocycles. The number of rotatable bonds is 5. The molecule has 4 nitrogen and oxygen atoms in total. The van der Waals surface area contributed by atoms with Crippen molar-refractivity contribution in [3.63, 3.8) is 0 Å². The molecule has 0 radical (unpaired) electrons. The van der Waals surface area contributed by atoms with Crippen molar-refractivity contribution in [1.29, 1.82) is 0 Å². The molecule has 1 atom stereocenters. The van der Waals surface area contributed by atoms with Gasteiger partial charge < -0.3 is 5.32 Å². The highest BCUT2D eigenvalue weighted by atomic mass is 32.2. The largest absolute Gasteiger partial charge is 0.312 e. The van der Waals surface area contributed by atoms with Crippen molar-refractivity contribution < 1.29 is 8.42 Å². The van der Waals surface area contributed by atoms with E-state index in [0.29, 0.717) is 12.6 Å². The van der Waals surface area contributed by atoms with E-state index in [0.717, 1.165) is 12.2 Å². The summed E-state index contributed by atoms with van der Waals surface area (Å²) in [7, 11) is 0.115. The zero-order valence-corrected chi connectivity index (χ0v) is 10.3. The Kier molecular flexibility index (Phi) is 4.69. The monoisotopic (exact) mass is 238 g/mol. The predicted octanol–water partition coefficient (Wildman–Crippen LogP) is -0.0271. The van der Waals surface area contributed by atoms with Gasteiger partial charge >= 0.3 is 0 Å². The molecular weight excluding hydrogens is 220 g/mol. The molecule has 0 aromatic rings. The summed E-state index contributed by atoms with van der Waals surface area (Å²) in [5.41, 5.74) is 0. The molecule has 6 heteroatoms. The molecule has 0 saturated carbocycles. The van der Waals surface area contributed by atoms with Gasteiger partial charge in [0.15, 0.2) is 0 Å². The Morgan fingerprint density at radius 3 is 2.71 bits per heavy atom. The van der Waals surface area contributed by atoms with Gasteiger partial charge in [-0.1, -0.05) is 0 Å². The topological polar surface area (TPSA) is 49.4 Å². The summed E-state index contributed by atoms with van der Waals surface area (Å²) in [6.45, 7) is 0.561. The van der Waals surface area contributed by atoms with Crippen molar-refractivity contribution in [1.82, 2.24) is 9.62 Å². The van der Waals surface area contributed by atoms with E-state index in [4.69, 9.17) is 0 Å². The van der Waals surface area contributed by atoms with E-state index < -0.39 is 10.0 Å². The molecule has 1 N–H and O–H groups in total. The van der Waals surface area contributed by atoms with Crippen LogP contribution in [0.15, 0.2) is 0 Å². The minimum absolute atomic E-state index is 0.196. The minimum atomic E-state index is -3.03. The standard InChI is InChI=1S/C8H18N2O2S2/c1-10(2)14(11,12)6-4-9-8-3-5-13-7-8/h8-9H,3-7H2,1-2H3/t8-/m0/s1. The third-order valence-corrected chi connectivity index (χ3v) is 5.27. The molecule has 0 aromatic carbocycles. The number of nitrogens with zero attached hydrogens (tertiary/aromatic N) is 1. The molecule has 1 saturated heterocycles. The van der Waals surface area contributed by atoms with E-state index in [9.17, 15) is 8.42 Å². The lowest BCUT2D eigenvalue weighted by Crippen LogP contribution is -2.36. The second-order valence-corrected chi connectivity index (χ2v) is 7.07. The van der Waals surface area contributed by atoms with Crippen LogP contribution in [0, 0.1) is 0 Å². The molecule has 1 aliphatic rings. The second-order valence-electron chi connectivity index (χ2n) is 3.61. The molecule has 84 valence electrons. The first kappa shape index (κ1) is 12.3. The SMILES string of the molecule is CN(C)S(=O)(=O)CCN[C@H]1CCSC1. The van der Waals surface area contributed by atoms with Crippen LogP contribution in [-0.2, 0) is 10.0 Å². The maximum absolute atomic E-state index is 11.4. The third-order valence-electron chi connectivity index (χ3n) is 2.28. The first-order chi connectivity index (χ1) is 6.52. The van der Waals surface area contributed by atoms with E-state index >= 15 is 0 Å². The molecule has 0 spiro atoms. The van der Waals surface area contributed by atoms with Crippen LogP contribution in [0.4, 0.5) is 0 Å². The maximum atomic E-state index is 11.4. The third kappa shape index (κ3) is 3.76. The average Bonchev–Trinajstić information content (AvgIpc) is 2.56. The number of nitrogens with one attached hydrogen (secondary N) is 1. The van der Waals surface area contributed by atoms with Crippen LogP contribution < -0.4 is 5.32 Å². The van der Waals surface area contributed by atoms with Gasteiger partial charge in [0.2, 0.25) is 10.0 Å². The van der Waals surface area contributed by atoms with E-state index in [-0.39, 0.29) is 5.75 Å². The van der Waals surface area contributed by atoms with Crippen LogP contribution in [0.25, 0.3) is 0 Å². The molecular formula is C8H18N2O2S2. The highest BCUT2D eigenvalue weighted by Crippen LogP contribution is 2.16. The Bertz CT molecular complexity index is 259. The van der Waals surface area contributed by atoms with Crippen LogP contribution in [-0.4, -0.2) is 56.7 Å². The zero-order chi connectivity index (χ0) is 10.6. The van der Waals surface area contributed by atoms with Crippen molar-refractivity contribution in [2.24, 2.45) is 0 Å². The van der Waals surface area contributed by atoms with Gasteiger partial charge in [-0.2, -0.15) is 11.8 Å². The Labute approximate surface area is 90.5 Å². The lowest BCUT2D eigenvalue weighted by Gasteiger charge is -2.14. The zero-order valence-electron chi connectivity index (χ0n) is 8.69. The van der Waals surface area contributed by atoms with Gasteiger partial charge in [-0.15, -0.1) is 0 Å². The van der Waals surface area contributed by atoms with Crippen molar-refractivity contribution in [3.8, 4) is 0 Å². The quantitative estimate of drug-likeness (QED) is 0.731. The van der Waals surface area contributed by atoms with Gasteiger partial charge in [0.1, 0.15) is 0 Å². The van der Waals surface area contributed by atoms with Crippen LogP contribution in [0.1, 0.15) is 6.42 Å². The number of hydrogen-bond donors (Lipinski definition) is 1. The predicted molar refractivity (Wildman–Crippen MR) is 61.2 cm³/mol. The van der Waals surface area contributed by atoms with E-state index in [2.05, 4.69) is 5.32 Å². The van der Waals surface area contributed by atoms with Crippen molar-refractivity contribution >= 4 is 21.8 Å². The number of thioether (sulfide) groups is 1. The first-order valence-electron chi connectivity index (χ1n) is 4.74. The van der Waals surface area contributed by atoms with E-state index in [1.807, 2.05) is 11.8 Å². The molecule has 0 aliphatic carbocycles. The fourth-order valence-electron chi connectivity index (χ4n) is 1.27. The normalized spacial score (nSPS) is 23.2. The van der Waals surface area contributed by atoms with Gasteiger partial charge in [-0.3, -0.25) is 0 Å². The Morgan fingerprint density at radius 1 is 1.50 bits per heavy atom. The summed E-state index contributed by atoms with van der Waals surface area (Å²) >= 11 is 1.92. The molecule has 1 rings (SSSR count). The van der Waals surface area contributed by atoms with E-state index in [1.54, 1.807) is 14.1 Å². The maximum Gasteiger partial charge on any atom is 0.214 e. The number of hydrogen-bond acceptors (Lipinski definition) is 4. The molecule has 0 bridgehead atoms. The van der Waals surface area contributed by atoms with Crippen LogP contribution in [0.3, 0.4) is 0 Å². The van der Waals surface area contributed by atoms with Crippen molar-refractivity contribution in [2.45, 2.75) is 12.5 Å². The average molecular weight is 238 g/mol. The lowest BCUT2D eigenvalue weighted by atomic mass is 10.3. The molecule has 0 amide bonds. The van der Waals surface area contributed by atoms with Crippen LogP contribution in [0.2, 0.25) is 0 Å². The summed E-state index contributed by atoms with van der Waals surface area (Å²) in [6.07, 6.45) is 1.16. The fourth-order valence-corrected chi connectivity index (χ4v) is 3.20. The smallest absolute Gasteiger partial charge is 0.214 e. The highest BCUT2D eigenvalue weighted by Gasteiger charge is 2.17. The Morgan fingerprint density at radius 2 is 2.21 bits per heavy atom. The molecule has 0 aromatic heterocycles. The van der Waals surface area contributed by atoms with Gasteiger partial charge in [0.05, 0.1) is 5.75 Å². The van der Waals surface area contributed by atoms with Crippen molar-refractivity contribution in [3.05, 3.63) is 0 Å². The van der Waals surface area contributed by atoms with Crippen LogP contribution in [0.5, 0.6) is 0 Å². The van der Waals surface area contributed by atoms with Gasteiger partial charge in [-0.05, 0) is 12.2 Å². The molecule has 14 heavy (non-hydrogen) atoms. The summed E-state index contributed by atoms with van der Waals surface area (Å²) in [4.78, 5) is 0. The summed E-state index contributed by atoms with van der Waals surface area (Å²) in [5, 5.41) is 3.27. The second kappa shape index (κ2) is 5.34. The fraction of sp³-hybridized carbons (Fsp3) is 1.00. The molecule has 1 aliphatic heterocycles.